The second kappa shape index (κ2) is 5.68. The van der Waals surface area contributed by atoms with Crippen LogP contribution < -0.4 is 10.2 Å². The lowest BCUT2D eigenvalue weighted by Gasteiger charge is -2.28. The van der Waals surface area contributed by atoms with Crippen molar-refractivity contribution in [1.82, 2.24) is 5.32 Å². The van der Waals surface area contributed by atoms with Crippen LogP contribution >= 0.6 is 0 Å². The summed E-state index contributed by atoms with van der Waals surface area (Å²) in [6.07, 6.45) is 3.65. The minimum Gasteiger partial charge on any atom is -0.508 e. The Kier molecular flexibility index (Phi) is 3.89. The number of phenolic OH excluding ortho intramolecular Hbond substituents is 1. The zero-order chi connectivity index (χ0) is 15.0. The number of carbonyl (C=O) groups is 1. The van der Waals surface area contributed by atoms with Gasteiger partial charge in [0, 0.05) is 12.6 Å². The molecule has 1 saturated carbocycles. The van der Waals surface area contributed by atoms with E-state index in [0.717, 1.165) is 24.2 Å². The number of hydrogen-bond donors (Lipinski definition) is 2. The van der Waals surface area contributed by atoms with E-state index in [9.17, 15) is 9.90 Å². The van der Waals surface area contributed by atoms with Crippen molar-refractivity contribution < 1.29 is 9.90 Å². The fourth-order valence-corrected chi connectivity index (χ4v) is 3.96. The number of nitrogens with one attached hydrogen (secondary N) is 1. The maximum atomic E-state index is 13.0. The summed E-state index contributed by atoms with van der Waals surface area (Å²) < 4.78 is 0. The Bertz CT molecular complexity index is 544. The van der Waals surface area contributed by atoms with Crippen LogP contribution in [0.1, 0.15) is 31.7 Å². The molecule has 1 aromatic carbocycles. The Morgan fingerprint density at radius 1 is 1.43 bits per heavy atom. The van der Waals surface area contributed by atoms with E-state index in [1.807, 2.05) is 24.8 Å². The Labute approximate surface area is 126 Å². The number of amides is 1. The van der Waals surface area contributed by atoms with Crippen molar-refractivity contribution >= 4 is 11.6 Å². The third-order valence-electron chi connectivity index (χ3n) is 5.08. The van der Waals surface area contributed by atoms with E-state index in [1.165, 1.54) is 12.8 Å². The van der Waals surface area contributed by atoms with Crippen LogP contribution in [0.3, 0.4) is 0 Å². The molecule has 0 spiro atoms. The number of fused-ring (bicyclic) bond motifs is 1. The number of aryl methyl sites for hydroxylation is 1. The summed E-state index contributed by atoms with van der Waals surface area (Å²) >= 11 is 0. The van der Waals surface area contributed by atoms with Crippen LogP contribution in [-0.4, -0.2) is 30.1 Å². The standard InChI is InChI=1S/C17H24N2O2/c1-3-19(15-9-13(20)8-7-11(15)2)17(21)16-14-6-4-5-12(14)10-18-16/h7-9,12,14,16,18,20H,3-6,10H2,1-2H3. The van der Waals surface area contributed by atoms with Gasteiger partial charge in [0.05, 0.1) is 11.7 Å². The molecule has 0 bridgehead atoms. The van der Waals surface area contributed by atoms with Crippen LogP contribution in [0, 0.1) is 18.8 Å². The van der Waals surface area contributed by atoms with Gasteiger partial charge in [-0.2, -0.15) is 0 Å². The predicted molar refractivity (Wildman–Crippen MR) is 83.5 cm³/mol. The second-order valence-corrected chi connectivity index (χ2v) is 6.29. The maximum absolute atomic E-state index is 13.0. The van der Waals surface area contributed by atoms with Crippen molar-refractivity contribution in [3.05, 3.63) is 23.8 Å². The Hall–Kier alpha value is -1.55. The van der Waals surface area contributed by atoms with Crippen molar-refractivity contribution in [3.8, 4) is 5.75 Å². The molecule has 1 amide bonds. The molecular weight excluding hydrogens is 264 g/mol. The molecule has 2 fully saturated rings. The van der Waals surface area contributed by atoms with E-state index in [4.69, 9.17) is 0 Å². The van der Waals surface area contributed by atoms with Crippen molar-refractivity contribution in [1.29, 1.82) is 0 Å². The summed E-state index contributed by atoms with van der Waals surface area (Å²) in [7, 11) is 0. The zero-order valence-electron chi connectivity index (χ0n) is 12.8. The van der Waals surface area contributed by atoms with E-state index in [1.54, 1.807) is 12.1 Å². The van der Waals surface area contributed by atoms with Gasteiger partial charge in [0.25, 0.3) is 0 Å². The van der Waals surface area contributed by atoms with Gasteiger partial charge in [0.1, 0.15) is 5.75 Å². The normalized spacial score (nSPS) is 27.6. The summed E-state index contributed by atoms with van der Waals surface area (Å²) in [5.74, 6) is 1.52. The van der Waals surface area contributed by atoms with E-state index in [-0.39, 0.29) is 17.7 Å². The molecule has 3 rings (SSSR count). The molecule has 4 nitrogen and oxygen atoms in total. The van der Waals surface area contributed by atoms with Crippen molar-refractivity contribution in [3.63, 3.8) is 0 Å². The van der Waals surface area contributed by atoms with Crippen molar-refractivity contribution in [2.45, 2.75) is 39.2 Å². The average molecular weight is 288 g/mol. The number of likely N-dealkylation sites (N-methyl/N-ethyl adjacent to an activating group) is 1. The van der Waals surface area contributed by atoms with Gasteiger partial charge in [-0.25, -0.2) is 0 Å². The molecule has 2 aliphatic rings. The molecule has 1 saturated heterocycles. The topological polar surface area (TPSA) is 52.6 Å². The van der Waals surface area contributed by atoms with Gasteiger partial charge in [0.15, 0.2) is 0 Å². The number of aromatic hydroxyl groups is 1. The van der Waals surface area contributed by atoms with Crippen LogP contribution in [0.25, 0.3) is 0 Å². The molecule has 21 heavy (non-hydrogen) atoms. The molecule has 0 aromatic heterocycles. The highest BCUT2D eigenvalue weighted by Gasteiger charge is 2.43. The average Bonchev–Trinajstić information content (AvgIpc) is 3.05. The van der Waals surface area contributed by atoms with Crippen molar-refractivity contribution in [2.75, 3.05) is 18.0 Å². The van der Waals surface area contributed by atoms with E-state index < -0.39 is 0 Å². The van der Waals surface area contributed by atoms with Gasteiger partial charge < -0.3 is 15.3 Å². The first-order chi connectivity index (χ1) is 10.1. The van der Waals surface area contributed by atoms with Gasteiger partial charge >= 0.3 is 0 Å². The van der Waals surface area contributed by atoms with Crippen LogP contribution in [0.5, 0.6) is 5.75 Å². The van der Waals surface area contributed by atoms with Crippen LogP contribution in [0.4, 0.5) is 5.69 Å². The highest BCUT2D eigenvalue weighted by Crippen LogP contribution is 2.39. The number of carbonyl (C=O) groups excluding carboxylic acids is 1. The Morgan fingerprint density at radius 3 is 3.00 bits per heavy atom. The summed E-state index contributed by atoms with van der Waals surface area (Å²) in [4.78, 5) is 14.8. The van der Waals surface area contributed by atoms with Crippen LogP contribution in [0.2, 0.25) is 0 Å². The number of phenols is 1. The van der Waals surface area contributed by atoms with Crippen LogP contribution in [0.15, 0.2) is 18.2 Å². The number of benzene rings is 1. The van der Waals surface area contributed by atoms with Gasteiger partial charge in [-0.1, -0.05) is 12.5 Å². The molecular formula is C17H24N2O2. The fraction of sp³-hybridized carbons (Fsp3) is 0.588. The Balaban J connectivity index is 1.86. The lowest BCUT2D eigenvalue weighted by Crippen LogP contribution is -2.46. The lowest BCUT2D eigenvalue weighted by atomic mass is 9.93. The quantitative estimate of drug-likeness (QED) is 0.898. The predicted octanol–water partition coefficient (Wildman–Crippen LogP) is 2.44. The van der Waals surface area contributed by atoms with Gasteiger partial charge in [-0.3, -0.25) is 4.79 Å². The third kappa shape index (κ3) is 2.53. The molecule has 3 unspecified atom stereocenters. The zero-order valence-corrected chi connectivity index (χ0v) is 12.8. The van der Waals surface area contributed by atoms with Gasteiger partial charge in [0.2, 0.25) is 5.91 Å². The molecule has 1 aromatic rings. The highest BCUT2D eigenvalue weighted by molar-refractivity contribution is 5.98. The molecule has 4 heteroatoms. The first-order valence-corrected chi connectivity index (χ1v) is 7.96. The lowest BCUT2D eigenvalue weighted by molar-refractivity contribution is -0.121. The van der Waals surface area contributed by atoms with E-state index in [0.29, 0.717) is 18.4 Å². The molecule has 3 atom stereocenters. The Morgan fingerprint density at radius 2 is 2.24 bits per heavy atom. The van der Waals surface area contributed by atoms with E-state index in [2.05, 4.69) is 5.32 Å². The monoisotopic (exact) mass is 288 g/mol. The SMILES string of the molecule is CCN(C(=O)C1NCC2CCCC21)c1cc(O)ccc1C. The minimum atomic E-state index is -0.0563. The maximum Gasteiger partial charge on any atom is 0.244 e. The largest absolute Gasteiger partial charge is 0.508 e. The second-order valence-electron chi connectivity index (χ2n) is 6.29. The first kappa shape index (κ1) is 14.4. The third-order valence-corrected chi connectivity index (χ3v) is 5.08. The number of anilines is 1. The van der Waals surface area contributed by atoms with Gasteiger partial charge in [-0.05, 0) is 56.7 Å². The van der Waals surface area contributed by atoms with Crippen molar-refractivity contribution in [2.24, 2.45) is 11.8 Å². The summed E-state index contributed by atoms with van der Waals surface area (Å²) in [6.45, 7) is 5.56. The fourth-order valence-electron chi connectivity index (χ4n) is 3.96. The number of rotatable bonds is 3. The van der Waals surface area contributed by atoms with Crippen LogP contribution in [-0.2, 0) is 4.79 Å². The molecule has 1 heterocycles. The summed E-state index contributed by atoms with van der Waals surface area (Å²) in [6, 6.07) is 5.16. The molecule has 114 valence electrons. The molecule has 1 aliphatic carbocycles. The summed E-state index contributed by atoms with van der Waals surface area (Å²) in [5, 5.41) is 13.1. The number of nitrogens with zero attached hydrogens (tertiary/aromatic N) is 1. The number of hydrogen-bond acceptors (Lipinski definition) is 3. The van der Waals surface area contributed by atoms with Gasteiger partial charge in [-0.15, -0.1) is 0 Å². The first-order valence-electron chi connectivity index (χ1n) is 7.96. The molecule has 2 N–H and O–H groups in total. The minimum absolute atomic E-state index is 0.0563. The summed E-state index contributed by atoms with van der Waals surface area (Å²) in [5.41, 5.74) is 1.84. The highest BCUT2D eigenvalue weighted by atomic mass is 16.3. The molecule has 0 radical (unpaired) electrons. The van der Waals surface area contributed by atoms with E-state index >= 15 is 0 Å². The molecule has 1 aliphatic heterocycles. The smallest absolute Gasteiger partial charge is 0.244 e.